The molecule has 0 aliphatic carbocycles. The van der Waals surface area contributed by atoms with E-state index in [9.17, 15) is 4.79 Å². The highest BCUT2D eigenvalue weighted by Crippen LogP contribution is 2.04. The van der Waals surface area contributed by atoms with E-state index in [0.29, 0.717) is 5.69 Å². The monoisotopic (exact) mass is 178 g/mol. The Morgan fingerprint density at radius 3 is 3.00 bits per heavy atom. The van der Waals surface area contributed by atoms with Crippen molar-refractivity contribution < 1.29 is 4.79 Å². The van der Waals surface area contributed by atoms with Crippen LogP contribution in [0.5, 0.6) is 0 Å². The zero-order valence-corrected chi connectivity index (χ0v) is 7.53. The number of aryl methyl sites for hydroxylation is 1. The summed E-state index contributed by atoms with van der Waals surface area (Å²) in [6.45, 7) is 1.87. The summed E-state index contributed by atoms with van der Waals surface area (Å²) in [6, 6.07) is 1.90. The van der Waals surface area contributed by atoms with E-state index < -0.39 is 0 Å². The van der Waals surface area contributed by atoms with E-state index in [2.05, 4.69) is 10.2 Å². The summed E-state index contributed by atoms with van der Waals surface area (Å²) in [5.41, 5.74) is 1.23. The second-order valence-electron chi connectivity index (χ2n) is 2.75. The molecule has 1 aromatic heterocycles. The number of nitrogens with zero attached hydrogens (tertiary/aromatic N) is 3. The third-order valence-corrected chi connectivity index (χ3v) is 1.70. The minimum Gasteiger partial charge on any atom is -0.327 e. The Labute approximate surface area is 76.0 Å². The molecule has 13 heavy (non-hydrogen) atoms. The Bertz CT molecular complexity index is 349. The van der Waals surface area contributed by atoms with Crippen LogP contribution in [0.1, 0.15) is 16.1 Å². The molecule has 0 spiro atoms. The molecule has 0 saturated carbocycles. The maximum Gasteiger partial charge on any atom is 0.272 e. The number of carbonyl (C=O) groups excluding carboxylic acids is 1. The van der Waals surface area contributed by atoms with E-state index in [1.807, 2.05) is 6.07 Å². The number of nitriles is 1. The minimum absolute atomic E-state index is 0.0806. The molecule has 1 aromatic rings. The molecule has 0 atom stereocenters. The van der Waals surface area contributed by atoms with E-state index in [1.165, 1.54) is 4.90 Å². The first-order valence-corrected chi connectivity index (χ1v) is 3.79. The summed E-state index contributed by atoms with van der Waals surface area (Å²) in [5.74, 6) is -0.212. The predicted octanol–water partition coefficient (Wildman–Crippen LogP) is 0.314. The normalized spacial score (nSPS) is 9.31. The van der Waals surface area contributed by atoms with Gasteiger partial charge in [-0.2, -0.15) is 10.4 Å². The van der Waals surface area contributed by atoms with E-state index >= 15 is 0 Å². The fourth-order valence-electron chi connectivity index (χ4n) is 0.932. The topological polar surface area (TPSA) is 72.8 Å². The first-order chi connectivity index (χ1) is 6.16. The van der Waals surface area contributed by atoms with Crippen LogP contribution in [0, 0.1) is 18.3 Å². The number of carbonyl (C=O) groups is 1. The summed E-state index contributed by atoms with van der Waals surface area (Å²) < 4.78 is 0. The number of aromatic nitrogens is 2. The summed E-state index contributed by atoms with van der Waals surface area (Å²) in [6.07, 6.45) is 1.58. The zero-order chi connectivity index (χ0) is 9.84. The van der Waals surface area contributed by atoms with Crippen LogP contribution in [0.2, 0.25) is 0 Å². The first-order valence-electron chi connectivity index (χ1n) is 3.79. The molecule has 5 nitrogen and oxygen atoms in total. The number of H-pyrrole nitrogens is 1. The zero-order valence-electron chi connectivity index (χ0n) is 7.53. The van der Waals surface area contributed by atoms with Gasteiger partial charge in [-0.1, -0.05) is 0 Å². The molecule has 1 N–H and O–H groups in total. The van der Waals surface area contributed by atoms with Gasteiger partial charge in [0.15, 0.2) is 0 Å². The highest BCUT2D eigenvalue weighted by atomic mass is 16.2. The molecule has 1 heterocycles. The number of aromatic amines is 1. The molecule has 0 aromatic carbocycles. The lowest BCUT2D eigenvalue weighted by Gasteiger charge is -2.11. The van der Waals surface area contributed by atoms with Crippen LogP contribution >= 0.6 is 0 Å². The van der Waals surface area contributed by atoms with Gasteiger partial charge in [0.05, 0.1) is 12.3 Å². The highest BCUT2D eigenvalue weighted by molar-refractivity contribution is 5.93. The lowest BCUT2D eigenvalue weighted by Crippen LogP contribution is -2.27. The molecule has 1 rings (SSSR count). The van der Waals surface area contributed by atoms with Crippen molar-refractivity contribution in [2.75, 3.05) is 13.6 Å². The summed E-state index contributed by atoms with van der Waals surface area (Å²) in [7, 11) is 1.58. The number of hydrogen-bond acceptors (Lipinski definition) is 3. The molecular formula is C8H10N4O. The van der Waals surface area contributed by atoms with Crippen LogP contribution in [0.3, 0.4) is 0 Å². The van der Waals surface area contributed by atoms with Gasteiger partial charge in [-0.25, -0.2) is 0 Å². The van der Waals surface area contributed by atoms with Crippen molar-refractivity contribution in [3.8, 4) is 6.07 Å². The minimum atomic E-state index is -0.212. The van der Waals surface area contributed by atoms with Gasteiger partial charge in [0.2, 0.25) is 0 Å². The molecular weight excluding hydrogens is 168 g/mol. The number of hydrogen-bond donors (Lipinski definition) is 1. The van der Waals surface area contributed by atoms with Crippen LogP contribution in [-0.4, -0.2) is 34.6 Å². The molecule has 0 unspecified atom stereocenters. The SMILES string of the molecule is Cc1cn[nH]c1C(=O)N(C)CC#N. The summed E-state index contributed by atoms with van der Waals surface area (Å²) in [5, 5.41) is 14.7. The third-order valence-electron chi connectivity index (χ3n) is 1.70. The van der Waals surface area contributed by atoms with Crippen molar-refractivity contribution >= 4 is 5.91 Å². The predicted molar refractivity (Wildman–Crippen MR) is 45.9 cm³/mol. The standard InChI is InChI=1S/C8H10N4O/c1-6-5-10-11-7(6)8(13)12(2)4-3-9/h5H,4H2,1-2H3,(H,10,11). The quantitative estimate of drug-likeness (QED) is 0.662. The van der Waals surface area contributed by atoms with Crippen molar-refractivity contribution in [3.05, 3.63) is 17.5 Å². The van der Waals surface area contributed by atoms with E-state index in [0.717, 1.165) is 5.56 Å². The summed E-state index contributed by atoms with van der Waals surface area (Å²) >= 11 is 0. The fraction of sp³-hybridized carbons (Fsp3) is 0.375. The molecule has 5 heteroatoms. The second kappa shape index (κ2) is 3.72. The van der Waals surface area contributed by atoms with Gasteiger partial charge in [-0.05, 0) is 12.5 Å². The fourth-order valence-corrected chi connectivity index (χ4v) is 0.932. The van der Waals surface area contributed by atoms with Gasteiger partial charge in [-0.3, -0.25) is 9.89 Å². The molecule has 0 aliphatic heterocycles. The molecule has 0 radical (unpaired) electrons. The largest absolute Gasteiger partial charge is 0.327 e. The lowest BCUT2D eigenvalue weighted by molar-refractivity contribution is 0.0805. The lowest BCUT2D eigenvalue weighted by atomic mass is 10.2. The first kappa shape index (κ1) is 9.26. The van der Waals surface area contributed by atoms with E-state index in [4.69, 9.17) is 5.26 Å². The Balaban J connectivity index is 2.81. The van der Waals surface area contributed by atoms with Gasteiger partial charge in [-0.15, -0.1) is 0 Å². The maximum absolute atomic E-state index is 11.5. The molecule has 0 fully saturated rings. The smallest absolute Gasteiger partial charge is 0.272 e. The van der Waals surface area contributed by atoms with Crippen molar-refractivity contribution in [1.29, 1.82) is 5.26 Å². The summed E-state index contributed by atoms with van der Waals surface area (Å²) in [4.78, 5) is 12.9. The Kier molecular flexibility index (Phi) is 2.65. The van der Waals surface area contributed by atoms with Crippen LogP contribution in [0.4, 0.5) is 0 Å². The van der Waals surface area contributed by atoms with Crippen LogP contribution in [0.25, 0.3) is 0 Å². The Morgan fingerprint density at radius 2 is 2.54 bits per heavy atom. The van der Waals surface area contributed by atoms with Crippen LogP contribution in [-0.2, 0) is 0 Å². The molecule has 0 bridgehead atoms. The third kappa shape index (κ3) is 1.85. The van der Waals surface area contributed by atoms with Crippen molar-refractivity contribution in [1.82, 2.24) is 15.1 Å². The Morgan fingerprint density at radius 1 is 1.85 bits per heavy atom. The number of rotatable bonds is 2. The van der Waals surface area contributed by atoms with Crippen LogP contribution < -0.4 is 0 Å². The van der Waals surface area contributed by atoms with Crippen molar-refractivity contribution in [3.63, 3.8) is 0 Å². The maximum atomic E-state index is 11.5. The van der Waals surface area contributed by atoms with Gasteiger partial charge >= 0.3 is 0 Å². The van der Waals surface area contributed by atoms with Gasteiger partial charge in [0.1, 0.15) is 12.2 Å². The van der Waals surface area contributed by atoms with Gasteiger partial charge < -0.3 is 4.90 Å². The average molecular weight is 178 g/mol. The van der Waals surface area contributed by atoms with E-state index in [1.54, 1.807) is 20.2 Å². The highest BCUT2D eigenvalue weighted by Gasteiger charge is 2.14. The Hall–Kier alpha value is -1.83. The van der Waals surface area contributed by atoms with E-state index in [-0.39, 0.29) is 12.5 Å². The van der Waals surface area contributed by atoms with Crippen LogP contribution in [0.15, 0.2) is 6.20 Å². The average Bonchev–Trinajstić information content (AvgIpc) is 2.50. The number of amides is 1. The van der Waals surface area contributed by atoms with Crippen molar-refractivity contribution in [2.45, 2.75) is 6.92 Å². The molecule has 1 amide bonds. The van der Waals surface area contributed by atoms with Gasteiger partial charge in [0.25, 0.3) is 5.91 Å². The van der Waals surface area contributed by atoms with Crippen molar-refractivity contribution in [2.24, 2.45) is 0 Å². The molecule has 68 valence electrons. The molecule has 0 aliphatic rings. The molecule has 0 saturated heterocycles. The second-order valence-corrected chi connectivity index (χ2v) is 2.75. The van der Waals surface area contributed by atoms with Gasteiger partial charge in [0, 0.05) is 7.05 Å². The number of nitrogens with one attached hydrogen (secondary N) is 1.